The van der Waals surface area contributed by atoms with Gasteiger partial charge in [0.2, 0.25) is 5.91 Å². The van der Waals surface area contributed by atoms with Gasteiger partial charge in [0.25, 0.3) is 5.56 Å². The maximum Gasteiger partial charge on any atom is 0.266 e. The fourth-order valence-corrected chi connectivity index (χ4v) is 4.60. The number of carbonyl (C=O) groups excluding carboxylic acids is 1. The average Bonchev–Trinajstić information content (AvgIpc) is 2.89. The van der Waals surface area contributed by atoms with E-state index in [0.29, 0.717) is 38.9 Å². The first-order valence-electron chi connectivity index (χ1n) is 11.3. The normalized spacial score (nSPS) is 11.8. The van der Waals surface area contributed by atoms with Crippen LogP contribution in [-0.2, 0) is 11.2 Å². The SMILES string of the molecule is CCc1ccc(-n2c(SC(C)C(=O)Nc3ccc(OC)c(OC)c3)nc3ccccc3c2=O)cc1. The molecule has 7 nitrogen and oxygen atoms in total. The molecule has 4 rings (SSSR count). The second-order valence-corrected chi connectivity index (χ2v) is 9.20. The standard InChI is InChI=1S/C27H27N3O4S/c1-5-18-10-13-20(14-11-18)30-26(32)21-8-6-7-9-22(21)29-27(30)35-17(2)25(31)28-19-12-15-23(33-3)24(16-19)34-4/h6-17H,5H2,1-4H3,(H,28,31). The molecule has 1 unspecified atom stereocenters. The predicted octanol–water partition coefficient (Wildman–Crippen LogP) is 5.08. The van der Waals surface area contributed by atoms with Gasteiger partial charge in [-0.3, -0.25) is 14.2 Å². The van der Waals surface area contributed by atoms with Crippen LogP contribution < -0.4 is 20.3 Å². The first kappa shape index (κ1) is 24.3. The van der Waals surface area contributed by atoms with E-state index >= 15 is 0 Å². The molecule has 0 saturated heterocycles. The summed E-state index contributed by atoms with van der Waals surface area (Å²) in [5, 5.41) is 3.35. The molecule has 0 saturated carbocycles. The molecule has 1 heterocycles. The van der Waals surface area contributed by atoms with Crippen molar-refractivity contribution in [1.29, 1.82) is 0 Å². The quantitative estimate of drug-likeness (QED) is 0.274. The lowest BCUT2D eigenvalue weighted by molar-refractivity contribution is -0.115. The maximum atomic E-state index is 13.5. The van der Waals surface area contributed by atoms with E-state index in [1.54, 1.807) is 56.0 Å². The number of anilines is 1. The van der Waals surface area contributed by atoms with E-state index in [-0.39, 0.29) is 11.5 Å². The molecule has 0 spiro atoms. The second kappa shape index (κ2) is 10.7. The molecule has 1 atom stereocenters. The van der Waals surface area contributed by atoms with Gasteiger partial charge in [0.05, 0.1) is 36.1 Å². The smallest absolute Gasteiger partial charge is 0.266 e. The summed E-state index contributed by atoms with van der Waals surface area (Å²) in [6.45, 7) is 3.87. The molecule has 4 aromatic rings. The van der Waals surface area contributed by atoms with E-state index in [1.165, 1.54) is 17.3 Å². The lowest BCUT2D eigenvalue weighted by Gasteiger charge is -2.17. The molecule has 1 aromatic heterocycles. The van der Waals surface area contributed by atoms with E-state index in [4.69, 9.17) is 14.5 Å². The van der Waals surface area contributed by atoms with Crippen LogP contribution >= 0.6 is 11.8 Å². The number of benzene rings is 3. The molecule has 0 aliphatic heterocycles. The number of thioether (sulfide) groups is 1. The van der Waals surface area contributed by atoms with Crippen molar-refractivity contribution in [2.75, 3.05) is 19.5 Å². The van der Waals surface area contributed by atoms with E-state index in [2.05, 4.69) is 12.2 Å². The fourth-order valence-electron chi connectivity index (χ4n) is 3.67. The Bertz CT molecular complexity index is 1420. The molecular formula is C27H27N3O4S. The highest BCUT2D eigenvalue weighted by Crippen LogP contribution is 2.31. The molecule has 180 valence electrons. The van der Waals surface area contributed by atoms with Crippen LogP contribution in [0.5, 0.6) is 11.5 Å². The van der Waals surface area contributed by atoms with Crippen LogP contribution in [-0.4, -0.2) is 34.9 Å². The summed E-state index contributed by atoms with van der Waals surface area (Å²) in [7, 11) is 3.10. The van der Waals surface area contributed by atoms with Crippen LogP contribution in [0.25, 0.3) is 16.6 Å². The topological polar surface area (TPSA) is 82.5 Å². The summed E-state index contributed by atoms with van der Waals surface area (Å²) in [4.78, 5) is 31.2. The van der Waals surface area contributed by atoms with E-state index in [9.17, 15) is 9.59 Å². The minimum Gasteiger partial charge on any atom is -0.493 e. The van der Waals surface area contributed by atoms with Crippen LogP contribution in [0.1, 0.15) is 19.4 Å². The lowest BCUT2D eigenvalue weighted by atomic mass is 10.1. The molecular weight excluding hydrogens is 462 g/mol. The number of nitrogens with one attached hydrogen (secondary N) is 1. The van der Waals surface area contributed by atoms with Crippen molar-refractivity contribution in [1.82, 2.24) is 9.55 Å². The van der Waals surface area contributed by atoms with Gasteiger partial charge in [0, 0.05) is 11.8 Å². The molecule has 3 aromatic carbocycles. The molecule has 1 N–H and O–H groups in total. The fraction of sp³-hybridized carbons (Fsp3) is 0.222. The van der Waals surface area contributed by atoms with E-state index < -0.39 is 5.25 Å². The number of hydrogen-bond donors (Lipinski definition) is 1. The van der Waals surface area contributed by atoms with Gasteiger partial charge in [-0.1, -0.05) is 43.0 Å². The van der Waals surface area contributed by atoms with Gasteiger partial charge in [-0.25, -0.2) is 4.98 Å². The summed E-state index contributed by atoms with van der Waals surface area (Å²) in [6, 6.07) is 20.2. The Kier molecular flexibility index (Phi) is 7.41. The molecule has 0 fully saturated rings. The van der Waals surface area contributed by atoms with Gasteiger partial charge in [-0.15, -0.1) is 0 Å². The van der Waals surface area contributed by atoms with Gasteiger partial charge in [-0.2, -0.15) is 0 Å². The van der Waals surface area contributed by atoms with Gasteiger partial charge in [0.1, 0.15) is 0 Å². The summed E-state index contributed by atoms with van der Waals surface area (Å²) < 4.78 is 12.2. The Balaban J connectivity index is 1.67. The molecule has 0 aliphatic rings. The number of para-hydroxylation sites is 1. The highest BCUT2D eigenvalue weighted by Gasteiger charge is 2.21. The highest BCUT2D eigenvalue weighted by molar-refractivity contribution is 8.00. The van der Waals surface area contributed by atoms with Crippen molar-refractivity contribution in [3.8, 4) is 17.2 Å². The summed E-state index contributed by atoms with van der Waals surface area (Å²) in [5.74, 6) is 0.870. The number of methoxy groups -OCH3 is 2. The van der Waals surface area contributed by atoms with Crippen LogP contribution in [0.2, 0.25) is 0 Å². The molecule has 0 bridgehead atoms. The van der Waals surface area contributed by atoms with Gasteiger partial charge in [-0.05, 0) is 55.3 Å². The minimum atomic E-state index is -0.530. The zero-order valence-corrected chi connectivity index (χ0v) is 20.9. The summed E-state index contributed by atoms with van der Waals surface area (Å²) >= 11 is 1.23. The minimum absolute atomic E-state index is 0.171. The van der Waals surface area contributed by atoms with Crippen molar-refractivity contribution in [2.45, 2.75) is 30.7 Å². The third-order valence-electron chi connectivity index (χ3n) is 5.65. The zero-order chi connectivity index (χ0) is 24.9. The van der Waals surface area contributed by atoms with Crippen LogP contribution in [0, 0.1) is 0 Å². The number of aromatic nitrogens is 2. The van der Waals surface area contributed by atoms with Crippen LogP contribution in [0.3, 0.4) is 0 Å². The summed E-state index contributed by atoms with van der Waals surface area (Å²) in [5.41, 5.74) is 2.88. The maximum absolute atomic E-state index is 13.5. The highest BCUT2D eigenvalue weighted by atomic mass is 32.2. The van der Waals surface area contributed by atoms with Gasteiger partial charge in [0.15, 0.2) is 16.7 Å². The lowest BCUT2D eigenvalue weighted by Crippen LogP contribution is -2.26. The number of ether oxygens (including phenoxy) is 2. The Morgan fingerprint density at radius 2 is 1.74 bits per heavy atom. The summed E-state index contributed by atoms with van der Waals surface area (Å²) in [6.07, 6.45) is 0.903. The first-order chi connectivity index (χ1) is 16.9. The van der Waals surface area contributed by atoms with Crippen molar-refractivity contribution >= 4 is 34.3 Å². The number of aryl methyl sites for hydroxylation is 1. The molecule has 1 amide bonds. The van der Waals surface area contributed by atoms with Crippen molar-refractivity contribution in [2.24, 2.45) is 0 Å². The van der Waals surface area contributed by atoms with Crippen molar-refractivity contribution in [3.63, 3.8) is 0 Å². The predicted molar refractivity (Wildman–Crippen MR) is 140 cm³/mol. The Morgan fingerprint density at radius 3 is 2.43 bits per heavy atom. The molecule has 0 aliphatic carbocycles. The van der Waals surface area contributed by atoms with Gasteiger partial charge < -0.3 is 14.8 Å². The first-order valence-corrected chi connectivity index (χ1v) is 12.1. The molecule has 35 heavy (non-hydrogen) atoms. The van der Waals surface area contributed by atoms with Crippen LogP contribution in [0.4, 0.5) is 5.69 Å². The van der Waals surface area contributed by atoms with Gasteiger partial charge >= 0.3 is 0 Å². The van der Waals surface area contributed by atoms with Crippen molar-refractivity contribution in [3.05, 3.63) is 82.6 Å². The Labute approximate surface area is 208 Å². The van der Waals surface area contributed by atoms with E-state index in [1.807, 2.05) is 36.4 Å². The number of nitrogens with zero attached hydrogens (tertiary/aromatic N) is 2. The Morgan fingerprint density at radius 1 is 1.03 bits per heavy atom. The number of hydrogen-bond acceptors (Lipinski definition) is 6. The average molecular weight is 490 g/mol. The largest absolute Gasteiger partial charge is 0.493 e. The zero-order valence-electron chi connectivity index (χ0n) is 20.1. The van der Waals surface area contributed by atoms with Crippen LogP contribution in [0.15, 0.2) is 76.7 Å². The van der Waals surface area contributed by atoms with E-state index in [0.717, 1.165) is 6.42 Å². The third-order valence-corrected chi connectivity index (χ3v) is 6.70. The Hall–Kier alpha value is -3.78. The number of fused-ring (bicyclic) bond motifs is 1. The van der Waals surface area contributed by atoms with Crippen molar-refractivity contribution < 1.29 is 14.3 Å². The number of carbonyl (C=O) groups is 1. The monoisotopic (exact) mass is 489 g/mol. The molecule has 8 heteroatoms. The second-order valence-electron chi connectivity index (χ2n) is 7.89. The third kappa shape index (κ3) is 5.17. The number of rotatable bonds is 8. The number of amides is 1. The molecule has 0 radical (unpaired) electrons.